The molecule has 0 spiro atoms. The molecule has 122 valence electrons. The third-order valence-corrected chi connectivity index (χ3v) is 3.10. The number of anilines is 1. The fraction of sp³-hybridized carbons (Fsp3) is 0.529. The normalized spacial score (nSPS) is 11.9. The molecule has 0 fully saturated rings. The van der Waals surface area contributed by atoms with Crippen molar-refractivity contribution in [1.29, 1.82) is 0 Å². The Kier molecular flexibility index (Phi) is 5.58. The molecule has 1 aromatic rings. The van der Waals surface area contributed by atoms with Gasteiger partial charge < -0.3 is 16.4 Å². The molecule has 0 radical (unpaired) electrons. The van der Waals surface area contributed by atoms with E-state index in [2.05, 4.69) is 31.4 Å². The van der Waals surface area contributed by atoms with Gasteiger partial charge in [0.1, 0.15) is 0 Å². The second-order valence-electron chi connectivity index (χ2n) is 7.49. The van der Waals surface area contributed by atoms with Crippen molar-refractivity contribution in [2.24, 2.45) is 11.1 Å². The molecule has 0 saturated carbocycles. The third-order valence-electron chi connectivity index (χ3n) is 3.10. The van der Waals surface area contributed by atoms with Gasteiger partial charge in [0.15, 0.2) is 0 Å². The van der Waals surface area contributed by atoms with Crippen LogP contribution in [0.2, 0.25) is 0 Å². The molecule has 0 unspecified atom stereocenters. The minimum atomic E-state index is -0.963. The maximum Gasteiger partial charge on any atom is 0.309 e. The fourth-order valence-electron chi connectivity index (χ4n) is 2.03. The number of nitrogens with two attached hydrogens (primary N) is 1. The van der Waals surface area contributed by atoms with Crippen LogP contribution in [0.15, 0.2) is 24.3 Å². The Hall–Kier alpha value is -2.04. The largest absolute Gasteiger partial charge is 0.385 e. The topological polar surface area (TPSA) is 84.2 Å². The Balaban J connectivity index is 2.63. The Bertz CT molecular complexity index is 528. The first-order chi connectivity index (χ1) is 9.98. The van der Waals surface area contributed by atoms with Crippen molar-refractivity contribution in [1.82, 2.24) is 5.32 Å². The molecule has 5 nitrogen and oxygen atoms in total. The van der Waals surface area contributed by atoms with Crippen LogP contribution in [0.1, 0.15) is 40.2 Å². The van der Waals surface area contributed by atoms with E-state index in [1.54, 1.807) is 0 Å². The van der Waals surface area contributed by atoms with Crippen LogP contribution in [-0.2, 0) is 16.0 Å². The molecule has 0 aliphatic heterocycles. The van der Waals surface area contributed by atoms with Crippen molar-refractivity contribution in [3.05, 3.63) is 29.8 Å². The highest BCUT2D eigenvalue weighted by atomic mass is 16.2. The van der Waals surface area contributed by atoms with Gasteiger partial charge in [-0.05, 0) is 43.4 Å². The predicted molar refractivity (Wildman–Crippen MR) is 89.5 cm³/mol. The zero-order valence-electron chi connectivity index (χ0n) is 14.1. The minimum absolute atomic E-state index is 0.222. The number of hydrogen-bond donors (Lipinski definition) is 3. The van der Waals surface area contributed by atoms with E-state index in [1.165, 1.54) is 0 Å². The molecule has 2 amide bonds. The fourth-order valence-corrected chi connectivity index (χ4v) is 2.03. The van der Waals surface area contributed by atoms with Gasteiger partial charge in [0.25, 0.3) is 0 Å². The van der Waals surface area contributed by atoms with Gasteiger partial charge in [-0.15, -0.1) is 0 Å². The SMILES string of the molecule is CC(C)(C)CNc1ccc(CC(C)(C)NC(=O)C(N)=O)cc1. The summed E-state index contributed by atoms with van der Waals surface area (Å²) in [5.41, 5.74) is 6.80. The molecule has 5 heteroatoms. The van der Waals surface area contributed by atoms with Gasteiger partial charge >= 0.3 is 11.8 Å². The molecule has 0 bridgehead atoms. The Morgan fingerprint density at radius 2 is 1.59 bits per heavy atom. The van der Waals surface area contributed by atoms with Gasteiger partial charge in [0, 0.05) is 17.8 Å². The van der Waals surface area contributed by atoms with Crippen LogP contribution >= 0.6 is 0 Å². The summed E-state index contributed by atoms with van der Waals surface area (Å²) in [4.78, 5) is 22.2. The lowest BCUT2D eigenvalue weighted by Gasteiger charge is -2.26. The standard InChI is InChI=1S/C17H27N3O2/c1-16(2,3)11-19-13-8-6-12(7-9-13)10-17(4,5)20-15(22)14(18)21/h6-9,19H,10-11H2,1-5H3,(H2,18,21)(H,20,22). The predicted octanol–water partition coefficient (Wildman–Crippen LogP) is 2.07. The second kappa shape index (κ2) is 6.81. The van der Waals surface area contributed by atoms with Gasteiger partial charge in [-0.25, -0.2) is 0 Å². The number of carbonyl (C=O) groups is 2. The molecule has 0 aromatic heterocycles. The van der Waals surface area contributed by atoms with E-state index in [0.717, 1.165) is 17.8 Å². The Labute approximate surface area is 132 Å². The van der Waals surface area contributed by atoms with E-state index in [9.17, 15) is 9.59 Å². The summed E-state index contributed by atoms with van der Waals surface area (Å²) in [6.07, 6.45) is 0.617. The van der Waals surface area contributed by atoms with E-state index in [0.29, 0.717) is 6.42 Å². The van der Waals surface area contributed by atoms with E-state index in [4.69, 9.17) is 5.73 Å². The lowest BCUT2D eigenvalue weighted by atomic mass is 9.94. The number of nitrogens with one attached hydrogen (secondary N) is 2. The van der Waals surface area contributed by atoms with Gasteiger partial charge in [0.05, 0.1) is 0 Å². The molecule has 1 aromatic carbocycles. The first-order valence-electron chi connectivity index (χ1n) is 7.43. The molecular formula is C17H27N3O2. The molecule has 0 saturated heterocycles. The average Bonchev–Trinajstić information content (AvgIpc) is 2.35. The van der Waals surface area contributed by atoms with Crippen LogP contribution in [0.3, 0.4) is 0 Å². The first-order valence-corrected chi connectivity index (χ1v) is 7.43. The minimum Gasteiger partial charge on any atom is -0.385 e. The summed E-state index contributed by atoms with van der Waals surface area (Å²) < 4.78 is 0. The number of benzene rings is 1. The molecule has 1 rings (SSSR count). The molecule has 0 heterocycles. The van der Waals surface area contributed by atoms with E-state index in [-0.39, 0.29) is 5.41 Å². The van der Waals surface area contributed by atoms with Crippen molar-refractivity contribution in [3.63, 3.8) is 0 Å². The molecule has 0 aliphatic carbocycles. The molecule has 4 N–H and O–H groups in total. The van der Waals surface area contributed by atoms with E-state index >= 15 is 0 Å². The zero-order chi connectivity index (χ0) is 17.0. The van der Waals surface area contributed by atoms with Crippen molar-refractivity contribution in [3.8, 4) is 0 Å². The highest BCUT2D eigenvalue weighted by Crippen LogP contribution is 2.18. The molecular weight excluding hydrogens is 278 g/mol. The van der Waals surface area contributed by atoms with Crippen LogP contribution in [0.4, 0.5) is 5.69 Å². The van der Waals surface area contributed by atoms with Crippen molar-refractivity contribution in [2.75, 3.05) is 11.9 Å². The quantitative estimate of drug-likeness (QED) is 0.728. The average molecular weight is 305 g/mol. The monoisotopic (exact) mass is 305 g/mol. The van der Waals surface area contributed by atoms with Crippen molar-refractivity contribution in [2.45, 2.75) is 46.6 Å². The molecule has 0 atom stereocenters. The summed E-state index contributed by atoms with van der Waals surface area (Å²) in [6, 6.07) is 8.08. The lowest BCUT2D eigenvalue weighted by Crippen LogP contribution is -2.49. The highest BCUT2D eigenvalue weighted by molar-refractivity contribution is 6.34. The number of carbonyl (C=O) groups excluding carboxylic acids is 2. The van der Waals surface area contributed by atoms with Gasteiger partial charge in [-0.1, -0.05) is 32.9 Å². The van der Waals surface area contributed by atoms with Crippen molar-refractivity contribution >= 4 is 17.5 Å². The van der Waals surface area contributed by atoms with Crippen molar-refractivity contribution < 1.29 is 9.59 Å². The van der Waals surface area contributed by atoms with Crippen LogP contribution in [-0.4, -0.2) is 23.9 Å². The van der Waals surface area contributed by atoms with Gasteiger partial charge in [-0.2, -0.15) is 0 Å². The maximum atomic E-state index is 11.4. The summed E-state index contributed by atoms with van der Waals surface area (Å²) in [5, 5.41) is 6.03. The van der Waals surface area contributed by atoms with E-state index < -0.39 is 17.4 Å². The second-order valence-corrected chi connectivity index (χ2v) is 7.49. The lowest BCUT2D eigenvalue weighted by molar-refractivity contribution is -0.138. The zero-order valence-corrected chi connectivity index (χ0v) is 14.1. The van der Waals surface area contributed by atoms with Gasteiger partial charge in [0.2, 0.25) is 0 Å². The third kappa shape index (κ3) is 6.61. The molecule has 0 aliphatic rings. The summed E-state index contributed by atoms with van der Waals surface area (Å²) >= 11 is 0. The first kappa shape index (κ1) is 18.0. The highest BCUT2D eigenvalue weighted by Gasteiger charge is 2.23. The van der Waals surface area contributed by atoms with Crippen LogP contribution in [0.5, 0.6) is 0 Å². The van der Waals surface area contributed by atoms with E-state index in [1.807, 2.05) is 38.1 Å². The Morgan fingerprint density at radius 3 is 2.05 bits per heavy atom. The Morgan fingerprint density at radius 1 is 1.05 bits per heavy atom. The summed E-state index contributed by atoms with van der Waals surface area (Å²) in [6.45, 7) is 11.2. The maximum absolute atomic E-state index is 11.4. The smallest absolute Gasteiger partial charge is 0.309 e. The summed E-state index contributed by atoms with van der Waals surface area (Å²) in [5.74, 6) is -1.72. The van der Waals surface area contributed by atoms with Crippen LogP contribution < -0.4 is 16.4 Å². The number of hydrogen-bond acceptors (Lipinski definition) is 3. The van der Waals surface area contributed by atoms with Gasteiger partial charge in [-0.3, -0.25) is 9.59 Å². The number of primary amides is 1. The number of amides is 2. The van der Waals surface area contributed by atoms with Crippen LogP contribution in [0.25, 0.3) is 0 Å². The van der Waals surface area contributed by atoms with Crippen LogP contribution in [0, 0.1) is 5.41 Å². The molecule has 22 heavy (non-hydrogen) atoms. The number of rotatable bonds is 5. The summed E-state index contributed by atoms with van der Waals surface area (Å²) in [7, 11) is 0.